The van der Waals surface area contributed by atoms with Crippen molar-refractivity contribution in [2.45, 2.75) is 0 Å². The van der Waals surface area contributed by atoms with Crippen LogP contribution in [0.15, 0.2) is 77.9 Å². The van der Waals surface area contributed by atoms with Gasteiger partial charge in [-0.15, -0.1) is 0 Å². The largest absolute Gasteiger partial charge is 0.339 e. The van der Waals surface area contributed by atoms with Crippen LogP contribution in [-0.2, 0) is 0 Å². The summed E-state index contributed by atoms with van der Waals surface area (Å²) in [5.74, 6) is -1.38. The van der Waals surface area contributed by atoms with Gasteiger partial charge in [-0.2, -0.15) is 5.10 Å². The quantitative estimate of drug-likeness (QED) is 0.386. The molecule has 8 heteroatoms. The number of amides is 1. The van der Waals surface area contributed by atoms with Gasteiger partial charge in [-0.05, 0) is 30.3 Å². The molecule has 0 aliphatic heterocycles. The minimum Gasteiger partial charge on any atom is -0.339 e. The number of hydrogen-bond acceptors (Lipinski definition) is 5. The van der Waals surface area contributed by atoms with Gasteiger partial charge in [0.2, 0.25) is 0 Å². The number of anilines is 2. The molecule has 0 aliphatic carbocycles. The number of benzene rings is 3. The Kier molecular flexibility index (Phi) is 5.94. The lowest BCUT2D eigenvalue weighted by molar-refractivity contribution is -0.384. The van der Waals surface area contributed by atoms with E-state index in [2.05, 4.69) is 10.5 Å². The molecule has 146 valence electrons. The van der Waals surface area contributed by atoms with Crippen LogP contribution in [0.5, 0.6) is 0 Å². The van der Waals surface area contributed by atoms with Crippen LogP contribution in [0.1, 0.15) is 15.9 Å². The van der Waals surface area contributed by atoms with Crippen molar-refractivity contribution in [3.05, 3.63) is 99.9 Å². The summed E-state index contributed by atoms with van der Waals surface area (Å²) in [6, 6.07) is 19.3. The molecule has 3 aromatic rings. The van der Waals surface area contributed by atoms with Gasteiger partial charge in [0.25, 0.3) is 11.6 Å². The van der Waals surface area contributed by atoms with E-state index in [0.29, 0.717) is 11.3 Å². The molecule has 1 N–H and O–H groups in total. The molecule has 3 rings (SSSR count). The summed E-state index contributed by atoms with van der Waals surface area (Å²) in [6.45, 7) is 0. The molecule has 0 aromatic heterocycles. The first-order chi connectivity index (χ1) is 14.0. The maximum absolute atomic E-state index is 13.6. The van der Waals surface area contributed by atoms with Crippen molar-refractivity contribution in [2.75, 3.05) is 11.9 Å². The van der Waals surface area contributed by atoms with Crippen LogP contribution in [-0.4, -0.2) is 24.1 Å². The zero-order valence-corrected chi connectivity index (χ0v) is 15.4. The number of nitro benzene ring substituents is 1. The van der Waals surface area contributed by atoms with E-state index >= 15 is 0 Å². The number of hydrogen-bond donors (Lipinski definition) is 1. The predicted molar refractivity (Wildman–Crippen MR) is 109 cm³/mol. The number of hydrazone groups is 1. The molecule has 0 spiro atoms. The van der Waals surface area contributed by atoms with Crippen molar-refractivity contribution in [1.82, 2.24) is 5.43 Å². The van der Waals surface area contributed by atoms with Gasteiger partial charge < -0.3 is 4.90 Å². The Labute approximate surface area is 166 Å². The molecule has 0 unspecified atom stereocenters. The second-order valence-corrected chi connectivity index (χ2v) is 6.08. The number of rotatable bonds is 6. The van der Waals surface area contributed by atoms with Gasteiger partial charge in [0, 0.05) is 24.4 Å². The van der Waals surface area contributed by atoms with Crippen molar-refractivity contribution >= 4 is 29.2 Å². The van der Waals surface area contributed by atoms with Crippen LogP contribution in [0.4, 0.5) is 21.5 Å². The number of nitro groups is 1. The topological polar surface area (TPSA) is 87.8 Å². The van der Waals surface area contributed by atoms with E-state index in [0.717, 1.165) is 5.69 Å². The highest BCUT2D eigenvalue weighted by Crippen LogP contribution is 2.32. The second-order valence-electron chi connectivity index (χ2n) is 6.08. The van der Waals surface area contributed by atoms with E-state index in [1.54, 1.807) is 24.1 Å². The van der Waals surface area contributed by atoms with Crippen LogP contribution < -0.4 is 10.3 Å². The summed E-state index contributed by atoms with van der Waals surface area (Å²) in [6.07, 6.45) is 1.26. The van der Waals surface area contributed by atoms with E-state index < -0.39 is 16.6 Å². The normalized spacial score (nSPS) is 10.7. The van der Waals surface area contributed by atoms with Gasteiger partial charge in [-0.1, -0.05) is 36.4 Å². The fraction of sp³-hybridized carbons (Fsp3) is 0.0476. The third-order valence-corrected chi connectivity index (χ3v) is 4.20. The van der Waals surface area contributed by atoms with Gasteiger partial charge in [-0.3, -0.25) is 14.9 Å². The first-order valence-corrected chi connectivity index (χ1v) is 8.62. The zero-order chi connectivity index (χ0) is 20.8. The number of nitrogens with one attached hydrogen (secondary N) is 1. The van der Waals surface area contributed by atoms with E-state index in [4.69, 9.17) is 0 Å². The highest BCUT2D eigenvalue weighted by Gasteiger charge is 2.18. The Morgan fingerprint density at radius 2 is 1.79 bits per heavy atom. The number of nitrogens with zero attached hydrogens (tertiary/aromatic N) is 3. The van der Waals surface area contributed by atoms with Gasteiger partial charge >= 0.3 is 0 Å². The zero-order valence-electron chi connectivity index (χ0n) is 15.4. The molecule has 0 aliphatic rings. The molecular formula is C21H17FN4O3. The number of carbonyl (C=O) groups is 1. The summed E-state index contributed by atoms with van der Waals surface area (Å²) in [5, 5.41) is 15.3. The molecule has 1 amide bonds. The Bertz CT molecular complexity index is 1070. The van der Waals surface area contributed by atoms with Gasteiger partial charge in [0.05, 0.1) is 16.7 Å². The number of carbonyl (C=O) groups excluding carboxylic acids is 1. The lowest BCUT2D eigenvalue weighted by Crippen LogP contribution is -2.19. The molecule has 0 radical (unpaired) electrons. The van der Waals surface area contributed by atoms with Crippen molar-refractivity contribution < 1.29 is 14.1 Å². The van der Waals surface area contributed by atoms with E-state index in [-0.39, 0.29) is 11.3 Å². The average Bonchev–Trinajstić information content (AvgIpc) is 2.74. The van der Waals surface area contributed by atoms with Crippen molar-refractivity contribution in [3.8, 4) is 0 Å². The van der Waals surface area contributed by atoms with Crippen LogP contribution in [0.3, 0.4) is 0 Å². The molecule has 0 saturated carbocycles. The Morgan fingerprint density at radius 1 is 1.10 bits per heavy atom. The van der Waals surface area contributed by atoms with Gasteiger partial charge in [-0.25, -0.2) is 9.82 Å². The smallest absolute Gasteiger partial charge is 0.293 e. The Balaban J connectivity index is 1.80. The summed E-state index contributed by atoms with van der Waals surface area (Å²) in [5.41, 5.74) is 3.58. The Hall–Kier alpha value is -4.07. The van der Waals surface area contributed by atoms with Crippen molar-refractivity contribution in [1.29, 1.82) is 0 Å². The molecule has 0 fully saturated rings. The molecule has 0 bridgehead atoms. The van der Waals surface area contributed by atoms with Gasteiger partial charge in [0.1, 0.15) is 11.5 Å². The molecule has 3 aromatic carbocycles. The fourth-order valence-electron chi connectivity index (χ4n) is 2.71. The first-order valence-electron chi connectivity index (χ1n) is 8.62. The van der Waals surface area contributed by atoms with Crippen molar-refractivity contribution in [3.63, 3.8) is 0 Å². The highest BCUT2D eigenvalue weighted by molar-refractivity contribution is 5.95. The van der Waals surface area contributed by atoms with Gasteiger partial charge in [0.15, 0.2) is 0 Å². The maximum atomic E-state index is 13.6. The van der Waals surface area contributed by atoms with Crippen LogP contribution in [0.25, 0.3) is 0 Å². The summed E-state index contributed by atoms with van der Waals surface area (Å²) in [7, 11) is 1.74. The van der Waals surface area contributed by atoms with Crippen LogP contribution in [0.2, 0.25) is 0 Å². The first kappa shape index (κ1) is 19.7. The fourth-order valence-corrected chi connectivity index (χ4v) is 2.71. The molecular weight excluding hydrogens is 375 g/mol. The van der Waals surface area contributed by atoms with E-state index in [9.17, 15) is 19.3 Å². The summed E-state index contributed by atoms with van der Waals surface area (Å²) >= 11 is 0. The van der Waals surface area contributed by atoms with Crippen LogP contribution >= 0.6 is 0 Å². The summed E-state index contributed by atoms with van der Waals surface area (Å²) < 4.78 is 13.6. The Morgan fingerprint density at radius 3 is 2.48 bits per heavy atom. The van der Waals surface area contributed by atoms with E-state index in [1.165, 1.54) is 36.5 Å². The molecule has 7 nitrogen and oxygen atoms in total. The number of para-hydroxylation sites is 1. The molecule has 0 heterocycles. The lowest BCUT2D eigenvalue weighted by atomic mass is 10.1. The monoisotopic (exact) mass is 392 g/mol. The SMILES string of the molecule is CN(c1ccccc1)c1ccc(/C=N\NC(=O)c2ccccc2F)cc1[N+](=O)[O-]. The minimum absolute atomic E-state index is 0.110. The maximum Gasteiger partial charge on any atom is 0.293 e. The minimum atomic E-state index is -0.714. The van der Waals surface area contributed by atoms with Crippen LogP contribution in [0, 0.1) is 15.9 Å². The third-order valence-electron chi connectivity index (χ3n) is 4.20. The van der Waals surface area contributed by atoms with E-state index in [1.807, 2.05) is 30.3 Å². The third kappa shape index (κ3) is 4.62. The average molecular weight is 392 g/mol. The lowest BCUT2D eigenvalue weighted by Gasteiger charge is -2.19. The second kappa shape index (κ2) is 8.75. The molecule has 29 heavy (non-hydrogen) atoms. The molecule has 0 saturated heterocycles. The predicted octanol–water partition coefficient (Wildman–Crippen LogP) is 4.27. The standard InChI is InChI=1S/C21H17FN4O3/c1-25(16-7-3-2-4-8-16)19-12-11-15(13-20(19)26(28)29)14-23-24-21(27)17-9-5-6-10-18(17)22/h2-14H,1H3,(H,24,27)/b23-14-. The van der Waals surface area contributed by atoms with Crippen molar-refractivity contribution in [2.24, 2.45) is 5.10 Å². The summed E-state index contributed by atoms with van der Waals surface area (Å²) in [4.78, 5) is 24.7. The number of halogens is 1. The molecule has 0 atom stereocenters. The highest BCUT2D eigenvalue weighted by atomic mass is 19.1.